The van der Waals surface area contributed by atoms with Gasteiger partial charge in [-0.25, -0.2) is 21.9 Å². The predicted molar refractivity (Wildman–Crippen MR) is 66.4 cm³/mol. The first-order valence-electron chi connectivity index (χ1n) is 6.13. The quantitative estimate of drug-likeness (QED) is 0.867. The summed E-state index contributed by atoms with van der Waals surface area (Å²) in [4.78, 5) is -0.673. The number of hydrogen-bond donors (Lipinski definition) is 2. The third kappa shape index (κ3) is 3.14. The van der Waals surface area contributed by atoms with Crippen molar-refractivity contribution < 1.29 is 27.0 Å². The van der Waals surface area contributed by atoms with E-state index in [2.05, 4.69) is 4.72 Å². The van der Waals surface area contributed by atoms with Crippen LogP contribution in [-0.4, -0.2) is 32.8 Å². The largest absolute Gasteiger partial charge is 0.391 e. The van der Waals surface area contributed by atoms with E-state index >= 15 is 0 Å². The maximum Gasteiger partial charge on any atom is 0.243 e. The molecule has 0 aliphatic carbocycles. The van der Waals surface area contributed by atoms with Crippen LogP contribution >= 0.6 is 0 Å². The third-order valence-corrected chi connectivity index (χ3v) is 4.62. The van der Waals surface area contributed by atoms with E-state index in [0.29, 0.717) is 19.4 Å². The molecule has 0 amide bonds. The Labute approximate surface area is 115 Å². The van der Waals surface area contributed by atoms with Crippen molar-refractivity contribution in [2.45, 2.75) is 30.4 Å². The van der Waals surface area contributed by atoms with Crippen molar-refractivity contribution in [1.82, 2.24) is 4.72 Å². The molecule has 8 heteroatoms. The molecule has 0 radical (unpaired) electrons. The van der Waals surface area contributed by atoms with Crippen LogP contribution in [0.25, 0.3) is 0 Å². The van der Waals surface area contributed by atoms with Gasteiger partial charge in [0.15, 0.2) is 5.82 Å². The van der Waals surface area contributed by atoms with E-state index in [1.165, 1.54) is 0 Å². The molecule has 20 heavy (non-hydrogen) atoms. The second kappa shape index (κ2) is 6.13. The van der Waals surface area contributed by atoms with Crippen LogP contribution in [0, 0.1) is 11.6 Å². The Bertz CT molecular complexity index is 585. The highest BCUT2D eigenvalue weighted by atomic mass is 32.2. The minimum Gasteiger partial charge on any atom is -0.391 e. The number of rotatable bonds is 4. The molecule has 0 bridgehead atoms. The fourth-order valence-corrected chi connectivity index (χ4v) is 3.40. The van der Waals surface area contributed by atoms with Gasteiger partial charge in [-0.2, -0.15) is 0 Å². The lowest BCUT2D eigenvalue weighted by atomic mass is 10.1. The first-order chi connectivity index (χ1) is 9.45. The van der Waals surface area contributed by atoms with Gasteiger partial charge in [-0.1, -0.05) is 0 Å². The monoisotopic (exact) mass is 307 g/mol. The van der Waals surface area contributed by atoms with Crippen molar-refractivity contribution in [1.29, 1.82) is 0 Å². The van der Waals surface area contributed by atoms with Gasteiger partial charge >= 0.3 is 0 Å². The molecule has 1 saturated heterocycles. The van der Waals surface area contributed by atoms with E-state index in [-0.39, 0.29) is 6.61 Å². The topological polar surface area (TPSA) is 75.6 Å². The number of ether oxygens (including phenoxy) is 1. The standard InChI is InChI=1S/C12H15F2NO4S/c13-10-3-4-11(12(14)9(10)6-16)20(17,18)15-8-2-1-5-19-7-8/h3-4,8,15-16H,1-2,5-7H2. The van der Waals surface area contributed by atoms with Gasteiger partial charge in [-0.15, -0.1) is 0 Å². The minimum absolute atomic E-state index is 0.217. The van der Waals surface area contributed by atoms with Gasteiger partial charge < -0.3 is 9.84 Å². The van der Waals surface area contributed by atoms with Gasteiger partial charge in [0.05, 0.1) is 18.8 Å². The smallest absolute Gasteiger partial charge is 0.243 e. The molecule has 112 valence electrons. The molecule has 0 saturated carbocycles. The average molecular weight is 307 g/mol. The van der Waals surface area contributed by atoms with Crippen molar-refractivity contribution >= 4 is 10.0 Å². The number of nitrogens with one attached hydrogen (secondary N) is 1. The number of sulfonamides is 1. The molecule has 1 fully saturated rings. The number of halogens is 2. The number of benzene rings is 1. The zero-order valence-corrected chi connectivity index (χ0v) is 11.4. The van der Waals surface area contributed by atoms with Crippen LogP contribution in [0.5, 0.6) is 0 Å². The molecule has 1 atom stereocenters. The Hall–Kier alpha value is -1.09. The lowest BCUT2D eigenvalue weighted by Gasteiger charge is -2.23. The fourth-order valence-electron chi connectivity index (χ4n) is 2.05. The van der Waals surface area contributed by atoms with Crippen LogP contribution in [0.15, 0.2) is 17.0 Å². The van der Waals surface area contributed by atoms with E-state index in [1.807, 2.05) is 0 Å². The Morgan fingerprint density at radius 1 is 1.40 bits per heavy atom. The molecular formula is C12H15F2NO4S. The summed E-state index contributed by atoms with van der Waals surface area (Å²) in [7, 11) is -4.12. The molecule has 0 spiro atoms. The highest BCUT2D eigenvalue weighted by Gasteiger charge is 2.27. The minimum atomic E-state index is -4.12. The summed E-state index contributed by atoms with van der Waals surface area (Å²) in [5.74, 6) is -2.25. The van der Waals surface area contributed by atoms with Crippen LogP contribution in [0.1, 0.15) is 18.4 Å². The average Bonchev–Trinajstić information content (AvgIpc) is 2.39. The molecule has 2 N–H and O–H groups in total. The first kappa shape index (κ1) is 15.3. The Balaban J connectivity index is 2.29. The van der Waals surface area contributed by atoms with Gasteiger partial charge in [0.2, 0.25) is 10.0 Å². The molecule has 1 aromatic carbocycles. The van der Waals surface area contributed by atoms with Crippen LogP contribution < -0.4 is 4.72 Å². The maximum atomic E-state index is 13.9. The molecule has 1 aromatic rings. The van der Waals surface area contributed by atoms with Gasteiger partial charge in [-0.05, 0) is 25.0 Å². The van der Waals surface area contributed by atoms with Crippen molar-refractivity contribution in [3.8, 4) is 0 Å². The lowest BCUT2D eigenvalue weighted by molar-refractivity contribution is 0.0774. The Morgan fingerprint density at radius 2 is 2.15 bits per heavy atom. The molecule has 1 aliphatic rings. The number of hydrogen-bond acceptors (Lipinski definition) is 4. The van der Waals surface area contributed by atoms with E-state index in [0.717, 1.165) is 12.1 Å². The van der Waals surface area contributed by atoms with E-state index in [1.54, 1.807) is 0 Å². The molecular weight excluding hydrogens is 292 g/mol. The fraction of sp³-hybridized carbons (Fsp3) is 0.500. The molecule has 1 heterocycles. The highest BCUT2D eigenvalue weighted by molar-refractivity contribution is 7.89. The summed E-state index contributed by atoms with van der Waals surface area (Å²) >= 11 is 0. The molecule has 1 unspecified atom stereocenters. The van der Waals surface area contributed by atoms with Gasteiger partial charge in [0.25, 0.3) is 0 Å². The van der Waals surface area contributed by atoms with Gasteiger partial charge in [0.1, 0.15) is 10.7 Å². The Kier molecular flexibility index (Phi) is 4.69. The summed E-state index contributed by atoms with van der Waals surface area (Å²) in [5.41, 5.74) is -0.659. The SMILES string of the molecule is O=S(=O)(NC1CCCOC1)c1ccc(F)c(CO)c1F. The second-order valence-electron chi connectivity index (χ2n) is 4.53. The third-order valence-electron chi connectivity index (χ3n) is 3.08. The number of aliphatic hydroxyl groups is 1. The predicted octanol–water partition coefficient (Wildman–Crippen LogP) is 0.914. The van der Waals surface area contributed by atoms with Crippen LogP contribution in [-0.2, 0) is 21.4 Å². The summed E-state index contributed by atoms with van der Waals surface area (Å²) in [6.07, 6.45) is 1.30. The number of aliphatic hydroxyl groups excluding tert-OH is 1. The maximum absolute atomic E-state index is 13.9. The van der Waals surface area contributed by atoms with E-state index in [9.17, 15) is 17.2 Å². The summed E-state index contributed by atoms with van der Waals surface area (Å²) < 4.78 is 58.8. The van der Waals surface area contributed by atoms with Crippen molar-refractivity contribution in [3.63, 3.8) is 0 Å². The van der Waals surface area contributed by atoms with Crippen LogP contribution in [0.2, 0.25) is 0 Å². The Morgan fingerprint density at radius 3 is 2.75 bits per heavy atom. The highest BCUT2D eigenvalue weighted by Crippen LogP contribution is 2.22. The van der Waals surface area contributed by atoms with Crippen molar-refractivity contribution in [2.24, 2.45) is 0 Å². The zero-order valence-electron chi connectivity index (χ0n) is 10.6. The van der Waals surface area contributed by atoms with Crippen molar-refractivity contribution in [2.75, 3.05) is 13.2 Å². The van der Waals surface area contributed by atoms with Gasteiger partial charge in [-0.3, -0.25) is 0 Å². The molecule has 5 nitrogen and oxygen atoms in total. The van der Waals surface area contributed by atoms with E-state index < -0.39 is 44.8 Å². The first-order valence-corrected chi connectivity index (χ1v) is 7.62. The summed E-state index contributed by atoms with van der Waals surface area (Å²) in [6, 6.07) is 1.23. The second-order valence-corrected chi connectivity index (χ2v) is 6.21. The van der Waals surface area contributed by atoms with Gasteiger partial charge in [0, 0.05) is 12.6 Å². The molecule has 0 aromatic heterocycles. The lowest BCUT2D eigenvalue weighted by Crippen LogP contribution is -2.40. The molecule has 1 aliphatic heterocycles. The van der Waals surface area contributed by atoms with Crippen molar-refractivity contribution in [3.05, 3.63) is 29.3 Å². The summed E-state index contributed by atoms with van der Waals surface area (Å²) in [6.45, 7) is -0.125. The molecule has 2 rings (SSSR count). The normalized spacial score (nSPS) is 20.1. The van der Waals surface area contributed by atoms with Crippen LogP contribution in [0.4, 0.5) is 8.78 Å². The van der Waals surface area contributed by atoms with E-state index in [4.69, 9.17) is 9.84 Å². The van der Waals surface area contributed by atoms with Crippen LogP contribution in [0.3, 0.4) is 0 Å². The zero-order chi connectivity index (χ0) is 14.8. The summed E-state index contributed by atoms with van der Waals surface area (Å²) in [5, 5.41) is 8.90.